The fourth-order valence-corrected chi connectivity index (χ4v) is 2.91. The van der Waals surface area contributed by atoms with Crippen molar-refractivity contribution in [2.24, 2.45) is 0 Å². The first-order valence-corrected chi connectivity index (χ1v) is 9.00. The highest BCUT2D eigenvalue weighted by molar-refractivity contribution is 7.99. The van der Waals surface area contributed by atoms with Crippen molar-refractivity contribution in [2.45, 2.75) is 24.8 Å². The first kappa shape index (κ1) is 18.6. The minimum atomic E-state index is -0.276. The van der Waals surface area contributed by atoms with Crippen molar-refractivity contribution in [1.82, 2.24) is 25.4 Å². The third-order valence-electron chi connectivity index (χ3n) is 3.46. The van der Waals surface area contributed by atoms with Crippen LogP contribution in [0.3, 0.4) is 0 Å². The molecule has 0 unspecified atom stereocenters. The zero-order valence-corrected chi connectivity index (χ0v) is 15.1. The van der Waals surface area contributed by atoms with E-state index in [9.17, 15) is 9.59 Å². The summed E-state index contributed by atoms with van der Waals surface area (Å²) in [4.78, 5) is 24.0. The predicted octanol–water partition coefficient (Wildman–Crippen LogP) is 0.771. The lowest BCUT2D eigenvalue weighted by Crippen LogP contribution is -2.28. The number of nitrogen functional groups attached to an aromatic ring is 1. The summed E-state index contributed by atoms with van der Waals surface area (Å²) in [6, 6.07) is 7.02. The molecular formula is C16H18N6O4S. The third-order valence-corrected chi connectivity index (χ3v) is 4.43. The number of carbonyl (C=O) groups is 2. The number of hydrogen-bond donors (Lipinski definition) is 3. The summed E-state index contributed by atoms with van der Waals surface area (Å²) in [5, 5.41) is 13.5. The average Bonchev–Trinajstić information content (AvgIpc) is 3.41. The molecule has 0 atom stereocenters. The molecule has 0 bridgehead atoms. The molecule has 0 aliphatic carbocycles. The summed E-state index contributed by atoms with van der Waals surface area (Å²) in [6.07, 6.45) is 3.07. The number of rotatable bonds is 9. The molecule has 11 heteroatoms. The molecule has 0 saturated carbocycles. The van der Waals surface area contributed by atoms with Gasteiger partial charge in [-0.15, -0.1) is 10.2 Å². The van der Waals surface area contributed by atoms with E-state index >= 15 is 0 Å². The molecule has 0 spiro atoms. The van der Waals surface area contributed by atoms with Crippen LogP contribution < -0.4 is 16.4 Å². The Bertz CT molecular complexity index is 875. The van der Waals surface area contributed by atoms with E-state index in [4.69, 9.17) is 14.6 Å². The first-order chi connectivity index (χ1) is 13.1. The number of anilines is 1. The summed E-state index contributed by atoms with van der Waals surface area (Å²) >= 11 is 1.14. The van der Waals surface area contributed by atoms with Gasteiger partial charge >= 0.3 is 0 Å². The molecule has 0 fully saturated rings. The number of nitrogens with zero attached hydrogens (tertiary/aromatic N) is 3. The van der Waals surface area contributed by atoms with E-state index < -0.39 is 0 Å². The first-order valence-electron chi connectivity index (χ1n) is 8.01. The standard InChI is InChI=1S/C16H18N6O4S/c17-15-20-21-16(27-10-14(24)19-8-12-4-2-6-26-12)22(15)9-13(23)18-7-11-3-1-5-25-11/h1-6H,7-10H2,(H2,17,20)(H,18,23)(H,19,24). The van der Waals surface area contributed by atoms with Gasteiger partial charge in [0, 0.05) is 0 Å². The minimum absolute atomic E-state index is 0.0596. The van der Waals surface area contributed by atoms with Crippen LogP contribution in [0.4, 0.5) is 5.95 Å². The van der Waals surface area contributed by atoms with Gasteiger partial charge in [-0.25, -0.2) is 0 Å². The zero-order chi connectivity index (χ0) is 19.1. The Morgan fingerprint density at radius 3 is 2.26 bits per heavy atom. The number of amides is 2. The van der Waals surface area contributed by atoms with Gasteiger partial charge in [-0.05, 0) is 24.3 Å². The van der Waals surface area contributed by atoms with E-state index in [-0.39, 0.29) is 36.6 Å². The van der Waals surface area contributed by atoms with Crippen LogP contribution in [0.25, 0.3) is 0 Å². The largest absolute Gasteiger partial charge is 0.467 e. The second-order valence-corrected chi connectivity index (χ2v) is 6.37. The molecule has 2 amide bonds. The number of hydrogen-bond acceptors (Lipinski definition) is 8. The highest BCUT2D eigenvalue weighted by atomic mass is 32.2. The summed E-state index contributed by atoms with van der Waals surface area (Å²) < 4.78 is 11.7. The van der Waals surface area contributed by atoms with Crippen molar-refractivity contribution in [3.63, 3.8) is 0 Å². The van der Waals surface area contributed by atoms with Gasteiger partial charge in [0.2, 0.25) is 17.8 Å². The van der Waals surface area contributed by atoms with Gasteiger partial charge in [0.15, 0.2) is 5.16 Å². The molecule has 0 aliphatic rings. The van der Waals surface area contributed by atoms with Crippen LogP contribution in [0.1, 0.15) is 11.5 Å². The Balaban J connectivity index is 1.48. The maximum absolute atomic E-state index is 12.1. The fourth-order valence-electron chi connectivity index (χ4n) is 2.13. The molecule has 3 aromatic heterocycles. The van der Waals surface area contributed by atoms with Crippen LogP contribution >= 0.6 is 11.8 Å². The number of aromatic nitrogens is 3. The summed E-state index contributed by atoms with van der Waals surface area (Å²) in [5.41, 5.74) is 5.77. The summed E-state index contributed by atoms with van der Waals surface area (Å²) in [5.74, 6) is 1.03. The van der Waals surface area contributed by atoms with E-state index in [1.807, 2.05) is 0 Å². The lowest BCUT2D eigenvalue weighted by Gasteiger charge is -2.08. The Morgan fingerprint density at radius 2 is 1.67 bits per heavy atom. The van der Waals surface area contributed by atoms with Gasteiger partial charge in [-0.2, -0.15) is 0 Å². The highest BCUT2D eigenvalue weighted by Crippen LogP contribution is 2.17. The zero-order valence-electron chi connectivity index (χ0n) is 14.3. The molecule has 0 saturated heterocycles. The summed E-state index contributed by atoms with van der Waals surface area (Å²) in [6.45, 7) is 0.512. The maximum Gasteiger partial charge on any atom is 0.240 e. The normalized spacial score (nSPS) is 10.7. The van der Waals surface area contributed by atoms with E-state index in [1.54, 1.807) is 30.5 Å². The second kappa shape index (κ2) is 8.94. The Morgan fingerprint density at radius 1 is 1.04 bits per heavy atom. The molecule has 27 heavy (non-hydrogen) atoms. The van der Waals surface area contributed by atoms with Crippen molar-refractivity contribution in [3.05, 3.63) is 48.3 Å². The predicted molar refractivity (Wildman–Crippen MR) is 96.3 cm³/mol. The maximum atomic E-state index is 12.1. The molecule has 3 rings (SSSR count). The fraction of sp³-hybridized carbons (Fsp3) is 0.250. The van der Waals surface area contributed by atoms with E-state index in [0.29, 0.717) is 23.2 Å². The molecule has 0 aromatic carbocycles. The lowest BCUT2D eigenvalue weighted by molar-refractivity contribution is -0.122. The quantitative estimate of drug-likeness (QED) is 0.455. The number of nitrogens with two attached hydrogens (primary N) is 1. The topological polar surface area (TPSA) is 141 Å². The average molecular weight is 390 g/mol. The number of carbonyl (C=O) groups excluding carboxylic acids is 2. The highest BCUT2D eigenvalue weighted by Gasteiger charge is 2.15. The smallest absolute Gasteiger partial charge is 0.240 e. The van der Waals surface area contributed by atoms with Gasteiger partial charge in [-0.3, -0.25) is 14.2 Å². The van der Waals surface area contributed by atoms with Crippen LogP contribution in [0, 0.1) is 0 Å². The molecule has 0 radical (unpaired) electrons. The number of furan rings is 2. The Labute approximate surface area is 158 Å². The number of thioether (sulfide) groups is 1. The van der Waals surface area contributed by atoms with Gasteiger partial charge in [-0.1, -0.05) is 11.8 Å². The van der Waals surface area contributed by atoms with E-state index in [2.05, 4.69) is 20.8 Å². The van der Waals surface area contributed by atoms with Crippen molar-refractivity contribution < 1.29 is 18.4 Å². The summed E-state index contributed by atoms with van der Waals surface area (Å²) in [7, 11) is 0. The van der Waals surface area contributed by atoms with Crippen LogP contribution in [0.15, 0.2) is 50.8 Å². The number of nitrogens with one attached hydrogen (secondary N) is 2. The molecule has 3 aromatic rings. The van der Waals surface area contributed by atoms with Crippen LogP contribution in [-0.4, -0.2) is 32.3 Å². The van der Waals surface area contributed by atoms with E-state index in [0.717, 1.165) is 11.8 Å². The Hall–Kier alpha value is -3.21. The Kier molecular flexibility index (Phi) is 6.15. The molecule has 142 valence electrons. The van der Waals surface area contributed by atoms with Crippen LogP contribution in [-0.2, 0) is 29.2 Å². The molecule has 3 heterocycles. The molecular weight excluding hydrogens is 372 g/mol. The van der Waals surface area contributed by atoms with Gasteiger partial charge < -0.3 is 25.2 Å². The monoisotopic (exact) mass is 390 g/mol. The van der Waals surface area contributed by atoms with Crippen LogP contribution in [0.5, 0.6) is 0 Å². The molecule has 4 N–H and O–H groups in total. The van der Waals surface area contributed by atoms with Crippen molar-refractivity contribution in [1.29, 1.82) is 0 Å². The second-order valence-electron chi connectivity index (χ2n) is 5.43. The van der Waals surface area contributed by atoms with E-state index in [1.165, 1.54) is 10.8 Å². The SMILES string of the molecule is Nc1nnc(SCC(=O)NCc2ccco2)n1CC(=O)NCc1ccco1. The third kappa shape index (κ3) is 5.38. The minimum Gasteiger partial charge on any atom is -0.467 e. The molecule has 0 aliphatic heterocycles. The van der Waals surface area contributed by atoms with Crippen molar-refractivity contribution >= 4 is 29.5 Å². The van der Waals surface area contributed by atoms with Gasteiger partial charge in [0.1, 0.15) is 18.1 Å². The molecule has 10 nitrogen and oxygen atoms in total. The van der Waals surface area contributed by atoms with Crippen molar-refractivity contribution in [3.8, 4) is 0 Å². The van der Waals surface area contributed by atoms with Crippen molar-refractivity contribution in [2.75, 3.05) is 11.5 Å². The van der Waals surface area contributed by atoms with Crippen LogP contribution in [0.2, 0.25) is 0 Å². The van der Waals surface area contributed by atoms with Gasteiger partial charge in [0.25, 0.3) is 0 Å². The van der Waals surface area contributed by atoms with Gasteiger partial charge in [0.05, 0.1) is 31.4 Å². The lowest BCUT2D eigenvalue weighted by atomic mass is 10.4.